The zero-order valence-electron chi connectivity index (χ0n) is 12.6. The number of amides is 2. The van der Waals surface area contributed by atoms with Crippen LogP contribution in [0.3, 0.4) is 0 Å². The van der Waals surface area contributed by atoms with E-state index in [1.54, 1.807) is 20.8 Å². The Labute approximate surface area is 119 Å². The number of carboxylic acids is 1. The van der Waals surface area contributed by atoms with Crippen molar-refractivity contribution in [1.29, 1.82) is 0 Å². The lowest BCUT2D eigenvalue weighted by Gasteiger charge is -2.27. The quantitative estimate of drug-likeness (QED) is 0.795. The molecule has 0 saturated heterocycles. The first-order valence-electron chi connectivity index (χ1n) is 6.48. The molecule has 3 N–H and O–H groups in total. The number of rotatable bonds is 3. The average Bonchev–Trinajstić information content (AvgIpc) is 2.22. The summed E-state index contributed by atoms with van der Waals surface area (Å²) in [6.45, 7) is 9.17. The van der Waals surface area contributed by atoms with Crippen molar-refractivity contribution in [2.75, 3.05) is 5.32 Å². The second-order valence-electron chi connectivity index (χ2n) is 6.11. The Kier molecular flexibility index (Phi) is 4.76. The molecule has 0 bridgehead atoms. The van der Waals surface area contributed by atoms with E-state index in [1.165, 1.54) is 0 Å². The molecular formula is C15H22N2O3. The number of hydrogen-bond donors (Lipinski definition) is 3. The molecule has 0 spiro atoms. The van der Waals surface area contributed by atoms with Crippen LogP contribution in [-0.2, 0) is 4.79 Å². The second kappa shape index (κ2) is 5.94. The molecule has 1 aromatic rings. The van der Waals surface area contributed by atoms with Gasteiger partial charge in [-0.15, -0.1) is 0 Å². The van der Waals surface area contributed by atoms with Gasteiger partial charge in [-0.3, -0.25) is 0 Å². The van der Waals surface area contributed by atoms with E-state index >= 15 is 0 Å². The third-order valence-electron chi connectivity index (χ3n) is 2.87. The highest BCUT2D eigenvalue weighted by atomic mass is 16.4. The highest BCUT2D eigenvalue weighted by Crippen LogP contribution is 2.20. The van der Waals surface area contributed by atoms with Crippen LogP contribution in [0, 0.1) is 19.3 Å². The van der Waals surface area contributed by atoms with E-state index in [0.717, 1.165) is 11.1 Å². The van der Waals surface area contributed by atoms with E-state index in [9.17, 15) is 9.59 Å². The van der Waals surface area contributed by atoms with E-state index in [4.69, 9.17) is 5.11 Å². The molecule has 0 fully saturated rings. The lowest BCUT2D eigenvalue weighted by atomic mass is 9.87. The Morgan fingerprint density at radius 2 is 1.60 bits per heavy atom. The molecule has 1 rings (SSSR count). The van der Waals surface area contributed by atoms with Crippen LogP contribution < -0.4 is 10.6 Å². The molecule has 0 radical (unpaired) electrons. The molecule has 5 heteroatoms. The fraction of sp³-hybridized carbons (Fsp3) is 0.467. The topological polar surface area (TPSA) is 78.4 Å². The lowest BCUT2D eigenvalue weighted by molar-refractivity contribution is -0.141. The monoisotopic (exact) mass is 278 g/mol. The molecule has 0 aliphatic heterocycles. The molecule has 20 heavy (non-hydrogen) atoms. The molecule has 1 aromatic carbocycles. The fourth-order valence-electron chi connectivity index (χ4n) is 1.99. The van der Waals surface area contributed by atoms with Crippen LogP contribution in [0.1, 0.15) is 31.9 Å². The number of aliphatic carboxylic acids is 1. The van der Waals surface area contributed by atoms with Crippen molar-refractivity contribution >= 4 is 17.7 Å². The normalized spacial score (nSPS) is 12.7. The van der Waals surface area contributed by atoms with E-state index in [0.29, 0.717) is 5.69 Å². The van der Waals surface area contributed by atoms with Crippen molar-refractivity contribution < 1.29 is 14.7 Å². The number of benzene rings is 1. The van der Waals surface area contributed by atoms with Crippen molar-refractivity contribution in [2.45, 2.75) is 40.7 Å². The van der Waals surface area contributed by atoms with Crippen molar-refractivity contribution in [3.05, 3.63) is 29.3 Å². The average molecular weight is 278 g/mol. The van der Waals surface area contributed by atoms with Gasteiger partial charge in [0.05, 0.1) is 0 Å². The van der Waals surface area contributed by atoms with Crippen LogP contribution >= 0.6 is 0 Å². The van der Waals surface area contributed by atoms with Gasteiger partial charge in [0.1, 0.15) is 6.04 Å². The van der Waals surface area contributed by atoms with Gasteiger partial charge >= 0.3 is 12.0 Å². The summed E-state index contributed by atoms with van der Waals surface area (Å²) in [7, 11) is 0. The Morgan fingerprint density at radius 3 is 2.00 bits per heavy atom. The Morgan fingerprint density at radius 1 is 1.10 bits per heavy atom. The first-order chi connectivity index (χ1) is 9.09. The number of carbonyl (C=O) groups is 2. The van der Waals surface area contributed by atoms with Crippen LogP contribution in [0.2, 0.25) is 0 Å². The minimum Gasteiger partial charge on any atom is -0.480 e. The van der Waals surface area contributed by atoms with Crippen LogP contribution in [0.25, 0.3) is 0 Å². The molecule has 0 aliphatic carbocycles. The SMILES string of the molecule is Cc1cc(C)cc(NC(=O)NC(C(=O)O)C(C)(C)C)c1. The van der Waals surface area contributed by atoms with Gasteiger partial charge in [0.2, 0.25) is 0 Å². The predicted molar refractivity (Wildman–Crippen MR) is 78.9 cm³/mol. The van der Waals surface area contributed by atoms with Gasteiger partial charge < -0.3 is 15.7 Å². The Bertz CT molecular complexity index is 498. The van der Waals surface area contributed by atoms with Gasteiger partial charge in [0.15, 0.2) is 0 Å². The maximum absolute atomic E-state index is 11.9. The van der Waals surface area contributed by atoms with Gasteiger partial charge in [-0.25, -0.2) is 9.59 Å². The van der Waals surface area contributed by atoms with Crippen LogP contribution in [0.4, 0.5) is 10.5 Å². The summed E-state index contributed by atoms with van der Waals surface area (Å²) >= 11 is 0. The second-order valence-corrected chi connectivity index (χ2v) is 6.11. The van der Waals surface area contributed by atoms with Gasteiger partial charge in [-0.1, -0.05) is 26.8 Å². The number of anilines is 1. The van der Waals surface area contributed by atoms with Crippen molar-refractivity contribution in [1.82, 2.24) is 5.32 Å². The molecule has 0 aromatic heterocycles. The minimum absolute atomic E-state index is 0.516. The zero-order chi connectivity index (χ0) is 15.5. The third kappa shape index (κ3) is 4.57. The molecule has 1 atom stereocenters. The summed E-state index contributed by atoms with van der Waals surface area (Å²) in [5, 5.41) is 14.3. The summed E-state index contributed by atoms with van der Waals surface area (Å²) in [4.78, 5) is 23.1. The molecule has 1 unspecified atom stereocenters. The zero-order valence-corrected chi connectivity index (χ0v) is 12.6. The van der Waals surface area contributed by atoms with Crippen molar-refractivity contribution in [2.24, 2.45) is 5.41 Å². The highest BCUT2D eigenvalue weighted by molar-refractivity contribution is 5.92. The van der Waals surface area contributed by atoms with Crippen LogP contribution in [0.15, 0.2) is 18.2 Å². The predicted octanol–water partition coefficient (Wildman–Crippen LogP) is 2.92. The number of carbonyl (C=O) groups excluding carboxylic acids is 1. The maximum Gasteiger partial charge on any atom is 0.326 e. The third-order valence-corrected chi connectivity index (χ3v) is 2.87. The minimum atomic E-state index is -1.05. The van der Waals surface area contributed by atoms with Gasteiger partial charge in [0, 0.05) is 5.69 Å². The first kappa shape index (κ1) is 16.0. The molecule has 0 saturated carbocycles. The van der Waals surface area contributed by atoms with E-state index < -0.39 is 23.5 Å². The van der Waals surface area contributed by atoms with E-state index in [-0.39, 0.29) is 0 Å². The number of hydrogen-bond acceptors (Lipinski definition) is 2. The summed E-state index contributed by atoms with van der Waals surface area (Å²) in [6.07, 6.45) is 0. The largest absolute Gasteiger partial charge is 0.480 e. The molecule has 2 amide bonds. The summed E-state index contributed by atoms with van der Waals surface area (Å²) < 4.78 is 0. The van der Waals surface area contributed by atoms with Crippen molar-refractivity contribution in [3.8, 4) is 0 Å². The van der Waals surface area contributed by atoms with Crippen LogP contribution in [-0.4, -0.2) is 23.1 Å². The van der Waals surface area contributed by atoms with Gasteiger partial charge in [-0.05, 0) is 42.5 Å². The van der Waals surface area contributed by atoms with E-state index in [1.807, 2.05) is 32.0 Å². The van der Waals surface area contributed by atoms with E-state index in [2.05, 4.69) is 10.6 Å². The maximum atomic E-state index is 11.9. The summed E-state index contributed by atoms with van der Waals surface area (Å²) in [5.41, 5.74) is 2.15. The molecule has 5 nitrogen and oxygen atoms in total. The Hall–Kier alpha value is -2.04. The number of aryl methyl sites for hydroxylation is 2. The molecule has 0 heterocycles. The summed E-state index contributed by atoms with van der Waals surface area (Å²) in [5.74, 6) is -1.05. The van der Waals surface area contributed by atoms with Gasteiger partial charge in [-0.2, -0.15) is 0 Å². The number of nitrogens with one attached hydrogen (secondary N) is 2. The number of carboxylic acid groups (broad SMARTS) is 1. The molecular weight excluding hydrogens is 256 g/mol. The van der Waals surface area contributed by atoms with Gasteiger partial charge in [0.25, 0.3) is 0 Å². The standard InChI is InChI=1S/C15H22N2O3/c1-9-6-10(2)8-11(7-9)16-14(20)17-12(13(18)19)15(3,4)5/h6-8,12H,1-5H3,(H,18,19)(H2,16,17,20). The fourth-order valence-corrected chi connectivity index (χ4v) is 1.99. The number of urea groups is 1. The van der Waals surface area contributed by atoms with Crippen molar-refractivity contribution in [3.63, 3.8) is 0 Å². The lowest BCUT2D eigenvalue weighted by Crippen LogP contribution is -2.50. The molecule has 110 valence electrons. The van der Waals surface area contributed by atoms with Crippen LogP contribution in [0.5, 0.6) is 0 Å². The first-order valence-corrected chi connectivity index (χ1v) is 6.48. The highest BCUT2D eigenvalue weighted by Gasteiger charge is 2.32. The molecule has 0 aliphatic rings. The Balaban J connectivity index is 2.78. The smallest absolute Gasteiger partial charge is 0.326 e. The summed E-state index contributed by atoms with van der Waals surface area (Å²) in [6, 6.07) is 4.20.